The minimum absolute atomic E-state index is 0.00652. The molecule has 0 radical (unpaired) electrons. The lowest BCUT2D eigenvalue weighted by Crippen LogP contribution is -2.55. The van der Waals surface area contributed by atoms with Crippen molar-refractivity contribution in [1.29, 1.82) is 0 Å². The molecular weight excluding hydrogens is 440 g/mol. The second kappa shape index (κ2) is 9.87. The van der Waals surface area contributed by atoms with E-state index < -0.39 is 17.7 Å². The maximum Gasteiger partial charge on any atom is 0.302 e. The van der Waals surface area contributed by atoms with E-state index in [-0.39, 0.29) is 30.1 Å². The molecule has 1 N–H and O–H groups in total. The van der Waals surface area contributed by atoms with Crippen molar-refractivity contribution < 1.29 is 28.2 Å². The summed E-state index contributed by atoms with van der Waals surface area (Å²) in [6, 6.07) is 17.8. The Hall–Kier alpha value is -4.00. The molecule has 1 fully saturated rings. The van der Waals surface area contributed by atoms with Gasteiger partial charge < -0.3 is 14.7 Å². The number of amides is 1. The van der Waals surface area contributed by atoms with Crippen molar-refractivity contribution in [1.82, 2.24) is 0 Å². The normalized spacial score (nSPS) is 17.9. The van der Waals surface area contributed by atoms with Gasteiger partial charge >= 0.3 is 5.97 Å². The number of benzene rings is 3. The van der Waals surface area contributed by atoms with E-state index in [0.29, 0.717) is 23.2 Å². The molecule has 0 bridgehead atoms. The summed E-state index contributed by atoms with van der Waals surface area (Å²) in [6.45, 7) is 1.30. The van der Waals surface area contributed by atoms with Gasteiger partial charge in [-0.2, -0.15) is 0 Å². The third kappa shape index (κ3) is 4.98. The van der Waals surface area contributed by atoms with Gasteiger partial charge in [0.1, 0.15) is 24.0 Å². The van der Waals surface area contributed by atoms with Gasteiger partial charge in [-0.25, -0.2) is 8.78 Å². The smallest absolute Gasteiger partial charge is 0.302 e. The fraction of sp³-hybridized carbons (Fsp3) is 0.185. The molecule has 0 saturated carbocycles. The summed E-state index contributed by atoms with van der Waals surface area (Å²) >= 11 is 0. The molecule has 3 aromatic rings. The SMILES string of the molecule is CC(=O)OCC(=CC[C@H]1C(=O)N(c2ccc(F)cc2)[C@@H]1c1ccc(O)cc1)c1ccc(F)cc1. The maximum atomic E-state index is 13.4. The van der Waals surface area contributed by atoms with Crippen molar-refractivity contribution in [2.75, 3.05) is 11.5 Å². The highest BCUT2D eigenvalue weighted by Crippen LogP contribution is 2.45. The zero-order chi connectivity index (χ0) is 24.2. The van der Waals surface area contributed by atoms with Crippen LogP contribution in [0.1, 0.15) is 30.5 Å². The molecule has 0 aliphatic carbocycles. The van der Waals surface area contributed by atoms with Crippen LogP contribution in [0.25, 0.3) is 5.57 Å². The van der Waals surface area contributed by atoms with E-state index >= 15 is 0 Å². The van der Waals surface area contributed by atoms with E-state index in [1.165, 1.54) is 31.2 Å². The van der Waals surface area contributed by atoms with Gasteiger partial charge in [-0.1, -0.05) is 30.3 Å². The summed E-state index contributed by atoms with van der Waals surface area (Å²) in [4.78, 5) is 26.1. The van der Waals surface area contributed by atoms with Crippen molar-refractivity contribution in [2.45, 2.75) is 19.4 Å². The van der Waals surface area contributed by atoms with E-state index in [1.807, 2.05) is 6.08 Å². The summed E-state index contributed by atoms with van der Waals surface area (Å²) in [5.74, 6) is -1.68. The van der Waals surface area contributed by atoms with E-state index in [9.17, 15) is 23.5 Å². The lowest BCUT2D eigenvalue weighted by molar-refractivity contribution is -0.139. The Morgan fingerprint density at radius 1 is 0.971 bits per heavy atom. The Labute approximate surface area is 195 Å². The first-order valence-corrected chi connectivity index (χ1v) is 10.8. The third-order valence-corrected chi connectivity index (χ3v) is 5.82. The van der Waals surface area contributed by atoms with Crippen LogP contribution in [0.5, 0.6) is 5.75 Å². The van der Waals surface area contributed by atoms with Gasteiger partial charge in [0, 0.05) is 12.6 Å². The molecular formula is C27H23F2NO4. The zero-order valence-corrected chi connectivity index (χ0v) is 18.4. The quantitative estimate of drug-likeness (QED) is 0.376. The van der Waals surface area contributed by atoms with Gasteiger partial charge in [0.25, 0.3) is 0 Å². The molecule has 34 heavy (non-hydrogen) atoms. The van der Waals surface area contributed by atoms with Crippen molar-refractivity contribution in [3.8, 4) is 5.75 Å². The Balaban J connectivity index is 1.64. The molecule has 1 amide bonds. The number of carbonyl (C=O) groups is 2. The molecule has 1 saturated heterocycles. The van der Waals surface area contributed by atoms with Crippen molar-refractivity contribution in [2.24, 2.45) is 5.92 Å². The third-order valence-electron chi connectivity index (χ3n) is 5.82. The molecule has 1 aliphatic rings. The molecule has 0 unspecified atom stereocenters. The molecule has 1 aliphatic heterocycles. The highest BCUT2D eigenvalue weighted by atomic mass is 19.1. The molecule has 3 aromatic carbocycles. The Morgan fingerprint density at radius 2 is 1.56 bits per heavy atom. The topological polar surface area (TPSA) is 66.8 Å². The van der Waals surface area contributed by atoms with Gasteiger partial charge in [0.05, 0.1) is 12.0 Å². The number of allylic oxidation sites excluding steroid dienone is 1. The maximum absolute atomic E-state index is 13.4. The summed E-state index contributed by atoms with van der Waals surface area (Å²) in [6.07, 6.45) is 2.17. The van der Waals surface area contributed by atoms with Gasteiger partial charge in [-0.15, -0.1) is 0 Å². The predicted octanol–water partition coefficient (Wildman–Crippen LogP) is 5.41. The minimum atomic E-state index is -0.447. The molecule has 4 rings (SSSR count). The molecule has 0 aromatic heterocycles. The number of halogens is 2. The first-order valence-electron chi connectivity index (χ1n) is 10.8. The van der Waals surface area contributed by atoms with E-state index in [2.05, 4.69) is 0 Å². The first-order chi connectivity index (χ1) is 16.3. The largest absolute Gasteiger partial charge is 0.508 e. The van der Waals surface area contributed by atoms with E-state index in [4.69, 9.17) is 4.74 Å². The highest BCUT2D eigenvalue weighted by molar-refractivity contribution is 6.03. The number of anilines is 1. The number of rotatable bonds is 7. The summed E-state index contributed by atoms with van der Waals surface area (Å²) in [5.41, 5.74) is 2.74. The summed E-state index contributed by atoms with van der Waals surface area (Å²) in [5, 5.41) is 9.69. The number of hydrogen-bond acceptors (Lipinski definition) is 4. The van der Waals surface area contributed by atoms with Crippen LogP contribution in [0, 0.1) is 17.6 Å². The minimum Gasteiger partial charge on any atom is -0.508 e. The monoisotopic (exact) mass is 463 g/mol. The van der Waals surface area contributed by atoms with Crippen LogP contribution in [0.4, 0.5) is 14.5 Å². The Kier molecular flexibility index (Phi) is 6.72. The molecule has 5 nitrogen and oxygen atoms in total. The van der Waals surface area contributed by atoms with Crippen LogP contribution in [0.3, 0.4) is 0 Å². The van der Waals surface area contributed by atoms with Gasteiger partial charge in [-0.3, -0.25) is 9.59 Å². The van der Waals surface area contributed by atoms with Crippen molar-refractivity contribution >= 4 is 23.1 Å². The van der Waals surface area contributed by atoms with Crippen LogP contribution >= 0.6 is 0 Å². The molecule has 174 valence electrons. The number of aromatic hydroxyl groups is 1. The Bertz CT molecular complexity index is 1200. The molecule has 0 spiro atoms. The zero-order valence-electron chi connectivity index (χ0n) is 18.4. The number of hydrogen-bond donors (Lipinski definition) is 1. The Morgan fingerprint density at radius 3 is 2.15 bits per heavy atom. The lowest BCUT2D eigenvalue weighted by atomic mass is 9.79. The summed E-state index contributed by atoms with van der Waals surface area (Å²) < 4.78 is 32.0. The molecule has 7 heteroatoms. The number of carbonyl (C=O) groups excluding carboxylic acids is 2. The number of nitrogens with zero attached hydrogens (tertiary/aromatic N) is 1. The van der Waals surface area contributed by atoms with Crippen LogP contribution in [0.2, 0.25) is 0 Å². The molecule has 2 atom stereocenters. The van der Waals surface area contributed by atoms with Gasteiger partial charge in [0.15, 0.2) is 0 Å². The average molecular weight is 463 g/mol. The van der Waals surface area contributed by atoms with Gasteiger partial charge in [0.2, 0.25) is 5.91 Å². The first kappa shape index (κ1) is 23.2. The highest BCUT2D eigenvalue weighted by Gasteiger charge is 2.48. The number of esters is 1. The molecule has 1 heterocycles. The number of phenolic OH excluding ortho intramolecular Hbond substituents is 1. The van der Waals surface area contributed by atoms with Crippen LogP contribution in [-0.4, -0.2) is 23.6 Å². The number of ether oxygens (including phenoxy) is 1. The number of phenols is 1. The second-order valence-electron chi connectivity index (χ2n) is 8.08. The van der Waals surface area contributed by atoms with Crippen LogP contribution in [-0.2, 0) is 14.3 Å². The fourth-order valence-corrected chi connectivity index (χ4v) is 4.09. The van der Waals surface area contributed by atoms with Crippen molar-refractivity contribution in [3.05, 3.63) is 102 Å². The standard InChI is InChI=1S/C27H23F2NO4/c1-17(31)34-16-20(18-2-7-21(28)8-3-18)6-15-25-26(19-4-13-24(32)14-5-19)30(27(25)33)23-11-9-22(29)10-12-23/h2-14,25-26,32H,15-16H2,1H3/t25-,26-/m1/s1. The van der Waals surface area contributed by atoms with E-state index in [0.717, 1.165) is 5.56 Å². The number of β-lactam (4-membered cyclic amide) rings is 1. The van der Waals surface area contributed by atoms with Crippen LogP contribution < -0.4 is 4.90 Å². The van der Waals surface area contributed by atoms with Gasteiger partial charge in [-0.05, 0) is 71.7 Å². The van der Waals surface area contributed by atoms with Crippen molar-refractivity contribution in [3.63, 3.8) is 0 Å². The second-order valence-corrected chi connectivity index (χ2v) is 8.08. The average Bonchev–Trinajstić information content (AvgIpc) is 2.82. The predicted molar refractivity (Wildman–Crippen MR) is 124 cm³/mol. The van der Waals surface area contributed by atoms with E-state index in [1.54, 1.807) is 53.4 Å². The summed E-state index contributed by atoms with van der Waals surface area (Å²) in [7, 11) is 0. The fourth-order valence-electron chi connectivity index (χ4n) is 4.09. The lowest BCUT2D eigenvalue weighted by Gasteiger charge is -2.47. The van der Waals surface area contributed by atoms with Crippen LogP contribution in [0.15, 0.2) is 78.9 Å².